The Kier molecular flexibility index (Phi) is 4.95. The summed E-state index contributed by atoms with van der Waals surface area (Å²) in [6.07, 6.45) is -0.807. The monoisotopic (exact) mass is 495 g/mol. The Bertz CT molecular complexity index is 1550. The van der Waals surface area contributed by atoms with Gasteiger partial charge in [-0.05, 0) is 23.6 Å². The number of carbonyl (C=O) groups excluding carboxylic acids is 1. The van der Waals surface area contributed by atoms with Crippen molar-refractivity contribution in [1.82, 2.24) is 24.5 Å². The van der Waals surface area contributed by atoms with Gasteiger partial charge in [0.1, 0.15) is 11.6 Å². The van der Waals surface area contributed by atoms with Crippen molar-refractivity contribution in [1.29, 1.82) is 0 Å². The van der Waals surface area contributed by atoms with Crippen LogP contribution < -0.4 is 4.90 Å². The molecule has 10 heteroatoms. The average molecular weight is 496 g/mol. The number of hydrogen-bond donors (Lipinski definition) is 0. The minimum atomic E-state index is -4.79. The summed E-state index contributed by atoms with van der Waals surface area (Å²) in [4.78, 5) is 31.6. The van der Waals surface area contributed by atoms with E-state index in [0.717, 1.165) is 11.3 Å². The molecule has 1 aliphatic heterocycles. The predicted octanol–water partition coefficient (Wildman–Crippen LogP) is 5.17. The normalized spacial score (nSPS) is 15.1. The van der Waals surface area contributed by atoms with Crippen LogP contribution >= 0.6 is 0 Å². The summed E-state index contributed by atoms with van der Waals surface area (Å²) in [6, 6.07) is 9.89. The molecule has 4 heterocycles. The molecule has 0 unspecified atom stereocenters. The first kappa shape index (κ1) is 20.1. The minimum absolute atomic E-state index is 0.141. The number of imidazole rings is 1. The second-order valence-electron chi connectivity index (χ2n) is 8.80. The lowest BCUT2D eigenvalue weighted by Gasteiger charge is -2.18. The van der Waals surface area contributed by atoms with Crippen LogP contribution in [0.4, 0.5) is 19.0 Å². The molecule has 0 saturated heterocycles. The maximum absolute atomic E-state index is 13.2. The molecule has 4 aromatic rings. The SMILES string of the molecule is [2H]C([2H])([2H])n1cc(C(F)(F)F)nc1-c1ccc(CN2C(=O)Cc3cnc(-c4cccnc4C(C)C)nc32)cc1. The summed E-state index contributed by atoms with van der Waals surface area (Å²) in [5.41, 5.74) is 1.89. The number of halogens is 3. The summed E-state index contributed by atoms with van der Waals surface area (Å²) in [6.45, 7) is 1.35. The zero-order valence-corrected chi connectivity index (χ0v) is 19.4. The summed E-state index contributed by atoms with van der Waals surface area (Å²) in [5.74, 6) is 0.593. The van der Waals surface area contributed by atoms with Crippen molar-refractivity contribution < 1.29 is 22.1 Å². The van der Waals surface area contributed by atoms with E-state index in [1.54, 1.807) is 30.6 Å². The third-order valence-electron chi connectivity index (χ3n) is 5.92. The van der Waals surface area contributed by atoms with Crippen molar-refractivity contribution in [3.8, 4) is 22.8 Å². The largest absolute Gasteiger partial charge is 0.434 e. The summed E-state index contributed by atoms with van der Waals surface area (Å²) in [5, 5.41) is 0. The van der Waals surface area contributed by atoms with E-state index in [1.165, 1.54) is 17.0 Å². The van der Waals surface area contributed by atoms with Crippen molar-refractivity contribution in [2.24, 2.45) is 6.98 Å². The highest BCUT2D eigenvalue weighted by atomic mass is 19.4. The molecule has 36 heavy (non-hydrogen) atoms. The molecular weight excluding hydrogens is 469 g/mol. The first-order valence-corrected chi connectivity index (χ1v) is 11.2. The molecule has 0 fully saturated rings. The number of amides is 1. The first-order valence-electron chi connectivity index (χ1n) is 12.7. The van der Waals surface area contributed by atoms with Crippen LogP contribution in [0.5, 0.6) is 0 Å². The molecule has 1 amide bonds. The van der Waals surface area contributed by atoms with Gasteiger partial charge in [0.2, 0.25) is 5.91 Å². The molecule has 0 bridgehead atoms. The standard InChI is InChI=1S/C26H23F3N6O/c1-15(2)22-19(5-4-10-30-22)23-31-12-18-11-21(36)35(25(18)33-23)13-16-6-8-17(9-7-16)24-32-20(14-34(24)3)26(27,28)29/h4-10,12,14-15H,11,13H2,1-3H3/i3D3. The van der Waals surface area contributed by atoms with Crippen molar-refractivity contribution >= 4 is 11.7 Å². The van der Waals surface area contributed by atoms with Crippen LogP contribution in [0.2, 0.25) is 0 Å². The predicted molar refractivity (Wildman–Crippen MR) is 128 cm³/mol. The highest BCUT2D eigenvalue weighted by Crippen LogP contribution is 2.33. The first-order chi connectivity index (χ1) is 18.3. The zero-order valence-electron chi connectivity index (χ0n) is 22.4. The quantitative estimate of drug-likeness (QED) is 0.382. The molecule has 184 valence electrons. The van der Waals surface area contributed by atoms with Gasteiger partial charge in [0.15, 0.2) is 11.5 Å². The number of aromatic nitrogens is 5. The number of fused-ring (bicyclic) bond motifs is 1. The van der Waals surface area contributed by atoms with Crippen LogP contribution in [-0.4, -0.2) is 30.4 Å². The fraction of sp³-hybridized carbons (Fsp3) is 0.269. The number of pyridine rings is 1. The lowest BCUT2D eigenvalue weighted by molar-refractivity contribution is -0.140. The second-order valence-corrected chi connectivity index (χ2v) is 8.80. The number of rotatable bonds is 5. The van der Waals surface area contributed by atoms with E-state index in [0.29, 0.717) is 33.5 Å². The van der Waals surface area contributed by atoms with Gasteiger partial charge in [-0.3, -0.25) is 14.7 Å². The number of aryl methyl sites for hydroxylation is 1. The van der Waals surface area contributed by atoms with Crippen molar-refractivity contribution in [2.75, 3.05) is 4.90 Å². The fourth-order valence-electron chi connectivity index (χ4n) is 4.15. The number of hydrogen-bond acceptors (Lipinski definition) is 5. The molecular formula is C26H23F3N6O. The van der Waals surface area contributed by atoms with Crippen LogP contribution in [0.1, 0.15) is 46.4 Å². The zero-order chi connectivity index (χ0) is 28.1. The molecule has 0 radical (unpaired) electrons. The van der Waals surface area contributed by atoms with Crippen LogP contribution in [0.3, 0.4) is 0 Å². The molecule has 0 saturated carbocycles. The van der Waals surface area contributed by atoms with E-state index in [-0.39, 0.29) is 36.2 Å². The third kappa shape index (κ3) is 4.34. The van der Waals surface area contributed by atoms with Crippen molar-refractivity contribution in [2.45, 2.75) is 38.9 Å². The number of alkyl halides is 3. The number of nitrogens with zero attached hydrogens (tertiary/aromatic N) is 6. The van der Waals surface area contributed by atoms with Crippen LogP contribution in [0.15, 0.2) is 55.0 Å². The van der Waals surface area contributed by atoms with E-state index in [9.17, 15) is 18.0 Å². The lowest BCUT2D eigenvalue weighted by atomic mass is 10.0. The Balaban J connectivity index is 1.44. The highest BCUT2D eigenvalue weighted by Gasteiger charge is 2.34. The van der Waals surface area contributed by atoms with Gasteiger partial charge in [-0.1, -0.05) is 38.1 Å². The summed E-state index contributed by atoms with van der Waals surface area (Å²) >= 11 is 0. The third-order valence-corrected chi connectivity index (χ3v) is 5.92. The van der Waals surface area contributed by atoms with Crippen LogP contribution in [0.25, 0.3) is 22.8 Å². The van der Waals surface area contributed by atoms with Crippen LogP contribution in [-0.2, 0) is 30.9 Å². The maximum atomic E-state index is 13.2. The van der Waals surface area contributed by atoms with Gasteiger partial charge in [-0.2, -0.15) is 13.2 Å². The Morgan fingerprint density at radius 2 is 1.89 bits per heavy atom. The molecule has 1 aromatic carbocycles. The fourth-order valence-corrected chi connectivity index (χ4v) is 4.15. The molecule has 5 rings (SSSR count). The topological polar surface area (TPSA) is 76.8 Å². The van der Waals surface area contributed by atoms with Gasteiger partial charge in [-0.25, -0.2) is 15.0 Å². The van der Waals surface area contributed by atoms with Gasteiger partial charge < -0.3 is 4.57 Å². The molecule has 0 aliphatic carbocycles. The van der Waals surface area contributed by atoms with E-state index < -0.39 is 18.8 Å². The Morgan fingerprint density at radius 1 is 1.11 bits per heavy atom. The molecule has 0 N–H and O–H groups in total. The van der Waals surface area contributed by atoms with E-state index in [1.807, 2.05) is 19.9 Å². The van der Waals surface area contributed by atoms with Gasteiger partial charge in [0.05, 0.1) is 18.7 Å². The Hall–Kier alpha value is -4.08. The molecule has 1 aliphatic rings. The number of carbonyl (C=O) groups is 1. The molecule has 7 nitrogen and oxygen atoms in total. The van der Waals surface area contributed by atoms with Crippen molar-refractivity contribution in [3.63, 3.8) is 0 Å². The molecule has 3 aromatic heterocycles. The average Bonchev–Trinajstić information content (AvgIpc) is 3.46. The highest BCUT2D eigenvalue weighted by molar-refractivity contribution is 6.00. The smallest absolute Gasteiger partial charge is 0.333 e. The van der Waals surface area contributed by atoms with Crippen molar-refractivity contribution in [3.05, 3.63) is 77.5 Å². The lowest BCUT2D eigenvalue weighted by Crippen LogP contribution is -2.26. The van der Waals surface area contributed by atoms with Gasteiger partial charge >= 0.3 is 6.18 Å². The minimum Gasteiger partial charge on any atom is -0.333 e. The molecule has 0 spiro atoms. The maximum Gasteiger partial charge on any atom is 0.434 e. The Morgan fingerprint density at radius 3 is 2.58 bits per heavy atom. The van der Waals surface area contributed by atoms with Gasteiger partial charge in [0, 0.05) is 46.4 Å². The van der Waals surface area contributed by atoms with Gasteiger partial charge in [-0.15, -0.1) is 0 Å². The van der Waals surface area contributed by atoms with E-state index in [4.69, 9.17) is 9.10 Å². The van der Waals surface area contributed by atoms with Crippen LogP contribution in [0, 0.1) is 0 Å². The number of benzene rings is 1. The summed E-state index contributed by atoms with van der Waals surface area (Å²) in [7, 11) is 0. The van der Waals surface area contributed by atoms with E-state index >= 15 is 0 Å². The summed E-state index contributed by atoms with van der Waals surface area (Å²) < 4.78 is 63.0. The van der Waals surface area contributed by atoms with E-state index in [2.05, 4.69) is 15.0 Å². The number of anilines is 1. The molecule has 0 atom stereocenters. The van der Waals surface area contributed by atoms with Gasteiger partial charge in [0.25, 0.3) is 0 Å². The Labute approximate surface area is 209 Å². The second kappa shape index (κ2) is 8.85.